The second kappa shape index (κ2) is 5.96. The molecule has 1 aromatic heterocycles. The third-order valence-corrected chi connectivity index (χ3v) is 4.01. The van der Waals surface area contributed by atoms with Crippen LogP contribution in [0.4, 0.5) is 0 Å². The first-order valence-electron chi connectivity index (χ1n) is 6.11. The zero-order valence-electron chi connectivity index (χ0n) is 11.6. The van der Waals surface area contributed by atoms with Crippen LogP contribution in [0.3, 0.4) is 0 Å². The van der Waals surface area contributed by atoms with Crippen LogP contribution in [0.15, 0.2) is 24.3 Å². The van der Waals surface area contributed by atoms with Crippen LogP contribution in [-0.2, 0) is 6.61 Å². The molecule has 0 bridgehead atoms. The molecule has 0 aliphatic carbocycles. The number of thiophene rings is 1. The van der Waals surface area contributed by atoms with Gasteiger partial charge in [-0.15, -0.1) is 11.3 Å². The molecule has 0 saturated heterocycles. The molecule has 2 aromatic rings. The van der Waals surface area contributed by atoms with Crippen LogP contribution in [0.2, 0.25) is 0 Å². The van der Waals surface area contributed by atoms with Crippen LogP contribution in [0.25, 0.3) is 0 Å². The Kier molecular flexibility index (Phi) is 4.29. The molecule has 1 aromatic carbocycles. The van der Waals surface area contributed by atoms with Crippen molar-refractivity contribution in [1.82, 2.24) is 0 Å². The molecular weight excluding hydrogens is 276 g/mol. The Hall–Kier alpha value is -2.01. The van der Waals surface area contributed by atoms with Gasteiger partial charge in [-0.2, -0.15) is 0 Å². The fourth-order valence-electron chi connectivity index (χ4n) is 1.82. The maximum Gasteiger partial charge on any atom is 0.345 e. The van der Waals surface area contributed by atoms with E-state index in [4.69, 9.17) is 14.6 Å². The topological polar surface area (TPSA) is 55.8 Å². The van der Waals surface area contributed by atoms with Gasteiger partial charge in [0.1, 0.15) is 11.5 Å². The summed E-state index contributed by atoms with van der Waals surface area (Å²) in [6.45, 7) is 4.20. The van der Waals surface area contributed by atoms with Crippen molar-refractivity contribution in [2.24, 2.45) is 0 Å². The molecule has 4 nitrogen and oxygen atoms in total. The van der Waals surface area contributed by atoms with Crippen molar-refractivity contribution in [2.45, 2.75) is 20.5 Å². The van der Waals surface area contributed by atoms with Gasteiger partial charge in [-0.3, -0.25) is 0 Å². The summed E-state index contributed by atoms with van der Waals surface area (Å²) in [5, 5.41) is 8.97. The van der Waals surface area contributed by atoms with Crippen LogP contribution in [-0.4, -0.2) is 18.2 Å². The smallest absolute Gasteiger partial charge is 0.345 e. The third kappa shape index (κ3) is 3.11. The maximum atomic E-state index is 10.9. The molecule has 0 radical (unpaired) electrons. The molecule has 106 valence electrons. The van der Waals surface area contributed by atoms with Gasteiger partial charge < -0.3 is 14.6 Å². The quantitative estimate of drug-likeness (QED) is 0.914. The number of hydrogen-bond donors (Lipinski definition) is 1. The van der Waals surface area contributed by atoms with Crippen molar-refractivity contribution < 1.29 is 19.4 Å². The first-order chi connectivity index (χ1) is 9.51. The minimum Gasteiger partial charge on any atom is -0.493 e. The summed E-state index contributed by atoms with van der Waals surface area (Å²) in [4.78, 5) is 12.2. The van der Waals surface area contributed by atoms with Gasteiger partial charge in [-0.25, -0.2) is 4.79 Å². The Morgan fingerprint density at radius 1 is 1.25 bits per heavy atom. The van der Waals surface area contributed by atoms with E-state index in [1.807, 2.05) is 32.0 Å². The molecule has 1 N–H and O–H groups in total. The molecule has 5 heteroatoms. The van der Waals surface area contributed by atoms with Crippen LogP contribution in [0, 0.1) is 13.8 Å². The van der Waals surface area contributed by atoms with Gasteiger partial charge in [0, 0.05) is 10.4 Å². The minimum atomic E-state index is -0.905. The number of carbonyl (C=O) groups is 1. The Morgan fingerprint density at radius 2 is 2.00 bits per heavy atom. The van der Waals surface area contributed by atoms with E-state index in [9.17, 15) is 4.79 Å². The van der Waals surface area contributed by atoms with Gasteiger partial charge in [0.25, 0.3) is 0 Å². The number of aryl methyl sites for hydroxylation is 2. The molecule has 0 unspecified atom stereocenters. The number of rotatable bonds is 5. The van der Waals surface area contributed by atoms with Crippen molar-refractivity contribution in [2.75, 3.05) is 7.11 Å². The molecule has 0 atom stereocenters. The normalized spacial score (nSPS) is 10.3. The Labute approximate surface area is 121 Å². The standard InChI is InChI=1S/C15H16O4S/c1-9-4-5-12(13(6-9)18-3)19-8-11-7-14(15(16)17)20-10(11)2/h4-7H,8H2,1-3H3,(H,16,17). The summed E-state index contributed by atoms with van der Waals surface area (Å²) >= 11 is 1.26. The number of methoxy groups -OCH3 is 1. The van der Waals surface area contributed by atoms with E-state index >= 15 is 0 Å². The van der Waals surface area contributed by atoms with Crippen molar-refractivity contribution in [3.63, 3.8) is 0 Å². The SMILES string of the molecule is COc1cc(C)ccc1OCc1cc(C(=O)O)sc1C. The highest BCUT2D eigenvalue weighted by molar-refractivity contribution is 7.14. The molecular formula is C15H16O4S. The molecule has 0 aliphatic rings. The van der Waals surface area contributed by atoms with Crippen molar-refractivity contribution in [1.29, 1.82) is 0 Å². The zero-order valence-corrected chi connectivity index (χ0v) is 12.4. The predicted octanol–water partition coefficient (Wildman–Crippen LogP) is 3.65. The van der Waals surface area contributed by atoms with E-state index in [2.05, 4.69) is 0 Å². The Morgan fingerprint density at radius 3 is 2.60 bits per heavy atom. The molecule has 1 heterocycles. The average Bonchev–Trinajstić information content (AvgIpc) is 2.79. The van der Waals surface area contributed by atoms with Gasteiger partial charge in [-0.1, -0.05) is 6.07 Å². The summed E-state index contributed by atoms with van der Waals surface area (Å²) < 4.78 is 11.0. The van der Waals surface area contributed by atoms with E-state index in [0.29, 0.717) is 23.0 Å². The second-order valence-corrected chi connectivity index (χ2v) is 5.70. The highest BCUT2D eigenvalue weighted by Gasteiger charge is 2.12. The third-order valence-electron chi connectivity index (χ3n) is 2.93. The molecule has 0 aliphatic heterocycles. The molecule has 20 heavy (non-hydrogen) atoms. The monoisotopic (exact) mass is 292 g/mol. The molecule has 0 saturated carbocycles. The van der Waals surface area contributed by atoms with E-state index < -0.39 is 5.97 Å². The largest absolute Gasteiger partial charge is 0.493 e. The molecule has 0 amide bonds. The summed E-state index contributed by atoms with van der Waals surface area (Å²) in [7, 11) is 1.60. The van der Waals surface area contributed by atoms with Crippen LogP contribution < -0.4 is 9.47 Å². The fraction of sp³-hybridized carbons (Fsp3) is 0.267. The predicted molar refractivity (Wildman–Crippen MR) is 78.1 cm³/mol. The summed E-state index contributed by atoms with van der Waals surface area (Å²) in [6, 6.07) is 7.36. The number of ether oxygens (including phenoxy) is 2. The molecule has 0 fully saturated rings. The lowest BCUT2D eigenvalue weighted by Crippen LogP contribution is -1.98. The fourth-order valence-corrected chi connectivity index (χ4v) is 2.69. The number of aromatic carboxylic acids is 1. The summed E-state index contributed by atoms with van der Waals surface area (Å²) in [5.74, 6) is 0.425. The summed E-state index contributed by atoms with van der Waals surface area (Å²) in [6.07, 6.45) is 0. The van der Waals surface area contributed by atoms with Crippen molar-refractivity contribution in [3.05, 3.63) is 45.1 Å². The van der Waals surface area contributed by atoms with Gasteiger partial charge in [-0.05, 0) is 37.6 Å². The Balaban J connectivity index is 2.14. The number of carboxylic acid groups (broad SMARTS) is 1. The van der Waals surface area contributed by atoms with Gasteiger partial charge in [0.05, 0.1) is 7.11 Å². The van der Waals surface area contributed by atoms with Crippen molar-refractivity contribution >= 4 is 17.3 Å². The number of hydrogen-bond acceptors (Lipinski definition) is 4. The van der Waals surface area contributed by atoms with E-state index in [0.717, 1.165) is 16.0 Å². The van der Waals surface area contributed by atoms with E-state index in [-0.39, 0.29) is 0 Å². The van der Waals surface area contributed by atoms with E-state index in [1.165, 1.54) is 11.3 Å². The summed E-state index contributed by atoms with van der Waals surface area (Å²) in [5.41, 5.74) is 1.98. The number of carboxylic acids is 1. The average molecular weight is 292 g/mol. The lowest BCUT2D eigenvalue weighted by molar-refractivity contribution is 0.0702. The van der Waals surface area contributed by atoms with Crippen LogP contribution in [0.5, 0.6) is 11.5 Å². The zero-order chi connectivity index (χ0) is 14.7. The lowest BCUT2D eigenvalue weighted by Gasteiger charge is -2.11. The molecule has 2 rings (SSSR count). The highest BCUT2D eigenvalue weighted by Crippen LogP contribution is 2.30. The highest BCUT2D eigenvalue weighted by atomic mass is 32.1. The first-order valence-corrected chi connectivity index (χ1v) is 6.93. The van der Waals surface area contributed by atoms with Gasteiger partial charge in [0.15, 0.2) is 11.5 Å². The second-order valence-electron chi connectivity index (χ2n) is 4.44. The number of benzene rings is 1. The van der Waals surface area contributed by atoms with E-state index in [1.54, 1.807) is 13.2 Å². The molecule has 0 spiro atoms. The van der Waals surface area contributed by atoms with Gasteiger partial charge >= 0.3 is 5.97 Å². The van der Waals surface area contributed by atoms with Crippen LogP contribution >= 0.6 is 11.3 Å². The Bertz CT molecular complexity index is 631. The maximum absolute atomic E-state index is 10.9. The van der Waals surface area contributed by atoms with Crippen LogP contribution in [0.1, 0.15) is 25.7 Å². The first kappa shape index (κ1) is 14.4. The van der Waals surface area contributed by atoms with Gasteiger partial charge in [0.2, 0.25) is 0 Å². The van der Waals surface area contributed by atoms with Crippen molar-refractivity contribution in [3.8, 4) is 11.5 Å². The minimum absolute atomic E-state index is 0.328. The lowest BCUT2D eigenvalue weighted by atomic mass is 10.2.